The second-order valence-electron chi connectivity index (χ2n) is 4.75. The van der Waals surface area contributed by atoms with Crippen LogP contribution in [0.5, 0.6) is 0 Å². The summed E-state index contributed by atoms with van der Waals surface area (Å²) in [6.45, 7) is 2.22. The number of halogens is 1. The summed E-state index contributed by atoms with van der Waals surface area (Å²) in [6, 6.07) is 7.23. The summed E-state index contributed by atoms with van der Waals surface area (Å²) in [5, 5.41) is 0. The van der Waals surface area contributed by atoms with E-state index in [1.165, 1.54) is 50.2 Å². The van der Waals surface area contributed by atoms with Crippen molar-refractivity contribution in [1.29, 1.82) is 0 Å². The van der Waals surface area contributed by atoms with Gasteiger partial charge in [-0.15, -0.1) is 0 Å². The van der Waals surface area contributed by atoms with Gasteiger partial charge in [-0.3, -0.25) is 0 Å². The Kier molecular flexibility index (Phi) is 3.08. The van der Waals surface area contributed by atoms with Crippen molar-refractivity contribution >= 4 is 0 Å². The van der Waals surface area contributed by atoms with Crippen molar-refractivity contribution in [3.8, 4) is 0 Å². The SMILES string of the molecule is CCCC1(c2cccc(F)c2)CCCC1. The molecule has 0 nitrogen and oxygen atoms in total. The summed E-state index contributed by atoms with van der Waals surface area (Å²) in [6.07, 6.45) is 7.48. The molecule has 1 aromatic rings. The Labute approximate surface area is 91.5 Å². The molecule has 0 radical (unpaired) electrons. The highest BCUT2D eigenvalue weighted by Crippen LogP contribution is 2.44. The van der Waals surface area contributed by atoms with Gasteiger partial charge in [0.15, 0.2) is 0 Å². The van der Waals surface area contributed by atoms with E-state index in [-0.39, 0.29) is 11.2 Å². The van der Waals surface area contributed by atoms with Crippen molar-refractivity contribution in [2.75, 3.05) is 0 Å². The Hall–Kier alpha value is -0.850. The third-order valence-electron chi connectivity index (χ3n) is 3.73. The summed E-state index contributed by atoms with van der Waals surface area (Å²) >= 11 is 0. The molecule has 0 aromatic heterocycles. The Morgan fingerprint density at radius 2 is 2.00 bits per heavy atom. The predicted octanol–water partition coefficient (Wildman–Crippen LogP) is 4.44. The third-order valence-corrected chi connectivity index (χ3v) is 3.73. The van der Waals surface area contributed by atoms with Crippen LogP contribution in [-0.2, 0) is 5.41 Å². The third kappa shape index (κ3) is 2.06. The maximum Gasteiger partial charge on any atom is 0.123 e. The van der Waals surface area contributed by atoms with Crippen molar-refractivity contribution in [3.63, 3.8) is 0 Å². The molecule has 0 aliphatic heterocycles. The van der Waals surface area contributed by atoms with Gasteiger partial charge in [-0.2, -0.15) is 0 Å². The molecule has 0 amide bonds. The first-order valence-corrected chi connectivity index (χ1v) is 6.03. The molecule has 0 bridgehead atoms. The van der Waals surface area contributed by atoms with Crippen LogP contribution >= 0.6 is 0 Å². The lowest BCUT2D eigenvalue weighted by atomic mass is 9.75. The minimum Gasteiger partial charge on any atom is -0.207 e. The van der Waals surface area contributed by atoms with E-state index in [9.17, 15) is 4.39 Å². The van der Waals surface area contributed by atoms with E-state index in [2.05, 4.69) is 13.0 Å². The van der Waals surface area contributed by atoms with Crippen molar-refractivity contribution in [2.24, 2.45) is 0 Å². The summed E-state index contributed by atoms with van der Waals surface area (Å²) in [4.78, 5) is 0. The molecule has 1 aromatic carbocycles. The molecule has 1 heteroatoms. The van der Waals surface area contributed by atoms with E-state index < -0.39 is 0 Å². The Morgan fingerprint density at radius 1 is 1.27 bits per heavy atom. The van der Waals surface area contributed by atoms with Crippen LogP contribution in [0.15, 0.2) is 24.3 Å². The zero-order chi connectivity index (χ0) is 10.7. The molecule has 0 unspecified atom stereocenters. The van der Waals surface area contributed by atoms with Gasteiger partial charge in [0.1, 0.15) is 5.82 Å². The fraction of sp³-hybridized carbons (Fsp3) is 0.571. The van der Waals surface area contributed by atoms with Crippen LogP contribution in [0, 0.1) is 5.82 Å². The molecule has 1 fully saturated rings. The van der Waals surface area contributed by atoms with Crippen molar-refractivity contribution in [3.05, 3.63) is 35.6 Å². The molecule has 1 aliphatic rings. The van der Waals surface area contributed by atoms with Gasteiger partial charge in [-0.1, -0.05) is 38.3 Å². The van der Waals surface area contributed by atoms with Crippen LogP contribution in [-0.4, -0.2) is 0 Å². The molecule has 82 valence electrons. The highest BCUT2D eigenvalue weighted by atomic mass is 19.1. The molecule has 1 aliphatic carbocycles. The number of hydrogen-bond donors (Lipinski definition) is 0. The van der Waals surface area contributed by atoms with Crippen molar-refractivity contribution < 1.29 is 4.39 Å². The van der Waals surface area contributed by atoms with Gasteiger partial charge in [0.2, 0.25) is 0 Å². The minimum absolute atomic E-state index is 0.0881. The normalized spacial score (nSPS) is 19.3. The topological polar surface area (TPSA) is 0 Å². The lowest BCUT2D eigenvalue weighted by Gasteiger charge is -2.29. The second kappa shape index (κ2) is 4.34. The molecule has 15 heavy (non-hydrogen) atoms. The maximum absolute atomic E-state index is 13.2. The number of rotatable bonds is 3. The Bertz CT molecular complexity index is 324. The fourth-order valence-electron chi connectivity index (χ4n) is 3.03. The Morgan fingerprint density at radius 3 is 2.60 bits per heavy atom. The average Bonchev–Trinajstić information content (AvgIpc) is 2.68. The van der Waals surface area contributed by atoms with Gasteiger partial charge in [0.25, 0.3) is 0 Å². The van der Waals surface area contributed by atoms with Crippen LogP contribution in [0.3, 0.4) is 0 Å². The van der Waals surface area contributed by atoms with E-state index >= 15 is 0 Å². The zero-order valence-electron chi connectivity index (χ0n) is 9.43. The monoisotopic (exact) mass is 206 g/mol. The molecular formula is C14H19F. The van der Waals surface area contributed by atoms with Gasteiger partial charge in [-0.25, -0.2) is 4.39 Å². The Balaban J connectivity index is 2.31. The first-order valence-electron chi connectivity index (χ1n) is 6.03. The molecule has 2 rings (SSSR count). The molecule has 0 atom stereocenters. The van der Waals surface area contributed by atoms with E-state index in [1.807, 2.05) is 6.07 Å². The first kappa shape index (κ1) is 10.7. The van der Waals surface area contributed by atoms with E-state index in [4.69, 9.17) is 0 Å². The molecular weight excluding hydrogens is 187 g/mol. The molecule has 0 saturated heterocycles. The standard InChI is InChI=1S/C14H19F/c1-2-8-14(9-3-4-10-14)12-6-5-7-13(15)11-12/h5-7,11H,2-4,8-10H2,1H3. The van der Waals surface area contributed by atoms with Crippen molar-refractivity contribution in [1.82, 2.24) is 0 Å². The number of hydrogen-bond acceptors (Lipinski definition) is 0. The first-order chi connectivity index (χ1) is 7.27. The molecule has 1 saturated carbocycles. The lowest BCUT2D eigenvalue weighted by Crippen LogP contribution is -2.21. The lowest BCUT2D eigenvalue weighted by molar-refractivity contribution is 0.398. The largest absolute Gasteiger partial charge is 0.207 e. The van der Waals surface area contributed by atoms with Crippen LogP contribution < -0.4 is 0 Å². The van der Waals surface area contributed by atoms with E-state index in [1.54, 1.807) is 6.07 Å². The molecule has 0 heterocycles. The quantitative estimate of drug-likeness (QED) is 0.686. The zero-order valence-corrected chi connectivity index (χ0v) is 9.43. The van der Waals surface area contributed by atoms with E-state index in [0.29, 0.717) is 0 Å². The summed E-state index contributed by atoms with van der Waals surface area (Å²) in [5.74, 6) is -0.0881. The minimum atomic E-state index is -0.0881. The predicted molar refractivity (Wildman–Crippen MR) is 61.5 cm³/mol. The van der Waals surface area contributed by atoms with Crippen LogP contribution in [0.2, 0.25) is 0 Å². The average molecular weight is 206 g/mol. The molecule has 0 spiro atoms. The maximum atomic E-state index is 13.2. The van der Waals surface area contributed by atoms with Crippen LogP contribution in [0.1, 0.15) is 51.0 Å². The smallest absolute Gasteiger partial charge is 0.123 e. The van der Waals surface area contributed by atoms with Gasteiger partial charge >= 0.3 is 0 Å². The van der Waals surface area contributed by atoms with E-state index in [0.717, 1.165) is 0 Å². The highest BCUT2D eigenvalue weighted by molar-refractivity contribution is 5.27. The van der Waals surface area contributed by atoms with Gasteiger partial charge in [0.05, 0.1) is 0 Å². The number of benzene rings is 1. The highest BCUT2D eigenvalue weighted by Gasteiger charge is 2.34. The molecule has 0 N–H and O–H groups in total. The summed E-state index contributed by atoms with van der Waals surface area (Å²) in [7, 11) is 0. The van der Waals surface area contributed by atoms with Gasteiger partial charge in [-0.05, 0) is 42.4 Å². The van der Waals surface area contributed by atoms with Crippen LogP contribution in [0.4, 0.5) is 4.39 Å². The fourth-order valence-corrected chi connectivity index (χ4v) is 3.03. The summed E-state index contributed by atoms with van der Waals surface area (Å²) in [5.41, 5.74) is 1.51. The van der Waals surface area contributed by atoms with Crippen molar-refractivity contribution in [2.45, 2.75) is 50.9 Å². The van der Waals surface area contributed by atoms with Gasteiger partial charge in [0, 0.05) is 0 Å². The van der Waals surface area contributed by atoms with Crippen LogP contribution in [0.25, 0.3) is 0 Å². The second-order valence-corrected chi connectivity index (χ2v) is 4.75. The summed E-state index contributed by atoms with van der Waals surface area (Å²) < 4.78 is 13.2. The van der Waals surface area contributed by atoms with Gasteiger partial charge < -0.3 is 0 Å².